The van der Waals surface area contributed by atoms with Crippen LogP contribution in [-0.2, 0) is 6.42 Å². The number of hydrogen-bond acceptors (Lipinski definition) is 9. The Hall–Kier alpha value is -3.67. The summed E-state index contributed by atoms with van der Waals surface area (Å²) in [6, 6.07) is 23.1. The Bertz CT molecular complexity index is 1880. The first-order valence-corrected chi connectivity index (χ1v) is 18.4. The van der Waals surface area contributed by atoms with Crippen LogP contribution in [0.25, 0.3) is 30.5 Å². The first-order chi connectivity index (χ1) is 21.5. The lowest BCUT2D eigenvalue weighted by Gasteiger charge is -2.13. The van der Waals surface area contributed by atoms with E-state index in [9.17, 15) is 21.0 Å². The molecule has 0 fully saturated rings. The van der Waals surface area contributed by atoms with Crippen molar-refractivity contribution in [2.75, 3.05) is 0 Å². The number of rotatable bonds is 11. The van der Waals surface area contributed by atoms with Gasteiger partial charge < -0.3 is 0 Å². The molecule has 218 valence electrons. The van der Waals surface area contributed by atoms with E-state index in [-0.39, 0.29) is 22.3 Å². The van der Waals surface area contributed by atoms with Crippen molar-refractivity contribution in [1.29, 1.82) is 21.0 Å². The molecule has 5 heterocycles. The van der Waals surface area contributed by atoms with Crippen molar-refractivity contribution in [2.24, 2.45) is 5.92 Å². The molecule has 2 atom stereocenters. The molecule has 1 aliphatic rings. The highest BCUT2D eigenvalue weighted by Gasteiger charge is 2.32. The predicted octanol–water partition coefficient (Wildman–Crippen LogP) is 11.5. The van der Waals surface area contributed by atoms with Gasteiger partial charge in [0.1, 0.15) is 35.4 Å². The van der Waals surface area contributed by atoms with Crippen LogP contribution < -0.4 is 0 Å². The van der Waals surface area contributed by atoms with E-state index in [0.717, 1.165) is 36.4 Å². The van der Waals surface area contributed by atoms with Gasteiger partial charge in [0.05, 0.1) is 10.1 Å². The molecule has 0 saturated carbocycles. The highest BCUT2D eigenvalue weighted by atomic mass is 32.2. The fourth-order valence-electron chi connectivity index (χ4n) is 4.97. The van der Waals surface area contributed by atoms with Crippen molar-refractivity contribution < 1.29 is 0 Å². The molecule has 4 aromatic heterocycles. The van der Waals surface area contributed by atoms with E-state index in [2.05, 4.69) is 62.4 Å². The topological polar surface area (TPSA) is 95.2 Å². The fraction of sp³-hybridized carbons (Fsp3) is 0.257. The van der Waals surface area contributed by atoms with Gasteiger partial charge in [-0.25, -0.2) is 0 Å². The lowest BCUT2D eigenvalue weighted by molar-refractivity contribution is 0.670. The third-order valence-electron chi connectivity index (χ3n) is 7.14. The number of hydrogen-bond donors (Lipinski definition) is 0. The predicted molar refractivity (Wildman–Crippen MR) is 188 cm³/mol. The quantitative estimate of drug-likeness (QED) is 0.117. The summed E-state index contributed by atoms with van der Waals surface area (Å²) in [6.07, 6.45) is 11.7. The SMILES string of the molecule is CCCCCCc1ccc(-c2cc(C=C(C#N)C#N)c(-c3ccc(C4SC(c5ccc(C)s5)=CC4C=C(C#N)C#N)s3)s2)s1. The molecule has 0 aliphatic carbocycles. The summed E-state index contributed by atoms with van der Waals surface area (Å²) in [5.41, 5.74) is 1.06. The number of thioether (sulfide) groups is 1. The average molecular weight is 665 g/mol. The minimum atomic E-state index is -0.0953. The Kier molecular flexibility index (Phi) is 10.7. The minimum Gasteiger partial charge on any atom is -0.192 e. The van der Waals surface area contributed by atoms with Crippen LogP contribution in [0.2, 0.25) is 0 Å². The van der Waals surface area contributed by atoms with Crippen LogP contribution in [0.4, 0.5) is 0 Å². The number of nitriles is 4. The Balaban J connectivity index is 1.48. The Labute approximate surface area is 279 Å². The molecule has 44 heavy (non-hydrogen) atoms. The summed E-state index contributed by atoms with van der Waals surface area (Å²) in [5.74, 6) is -0.0953. The monoisotopic (exact) mass is 664 g/mol. The van der Waals surface area contributed by atoms with Crippen molar-refractivity contribution in [3.63, 3.8) is 0 Å². The minimum absolute atomic E-state index is 0.0302. The van der Waals surface area contributed by atoms with Crippen molar-refractivity contribution >= 4 is 68.1 Å². The van der Waals surface area contributed by atoms with E-state index in [1.807, 2.05) is 35.6 Å². The van der Waals surface area contributed by atoms with Gasteiger partial charge in [-0.1, -0.05) is 32.3 Å². The zero-order valence-corrected chi connectivity index (χ0v) is 28.4. The standard InChI is InChI=1S/C35H28N4S5/c1-3-4-5-6-7-27-9-11-29(41-27)33-17-26(15-24(20-38)21-39)35(44-33)31-13-12-30(42-31)34-25(14-23(18-36)19-37)16-32(43-34)28-10-8-22(2)40-28/h8-17,25,34H,3-7H2,1-2H3. The second-order valence-corrected chi connectivity index (χ2v) is 16.1. The Morgan fingerprint density at radius 1 is 0.773 bits per heavy atom. The zero-order chi connectivity index (χ0) is 31.1. The molecule has 5 rings (SSSR count). The van der Waals surface area contributed by atoms with Crippen LogP contribution in [0.15, 0.2) is 65.8 Å². The van der Waals surface area contributed by atoms with Gasteiger partial charge in [-0.15, -0.1) is 57.1 Å². The molecule has 2 unspecified atom stereocenters. The largest absolute Gasteiger partial charge is 0.192 e. The molecule has 0 saturated heterocycles. The van der Waals surface area contributed by atoms with E-state index in [1.165, 1.54) is 45.2 Å². The second-order valence-electron chi connectivity index (χ2n) is 10.3. The summed E-state index contributed by atoms with van der Waals surface area (Å²) in [6.45, 7) is 4.32. The zero-order valence-electron chi connectivity index (χ0n) is 24.3. The molecular weight excluding hydrogens is 637 g/mol. The highest BCUT2D eigenvalue weighted by molar-refractivity contribution is 8.09. The second kappa shape index (κ2) is 14.9. The number of aryl methyl sites for hydroxylation is 2. The molecule has 4 nitrogen and oxygen atoms in total. The molecule has 9 heteroatoms. The summed E-state index contributed by atoms with van der Waals surface area (Å²) in [4.78, 5) is 10.6. The van der Waals surface area contributed by atoms with E-state index in [4.69, 9.17) is 0 Å². The molecule has 0 amide bonds. The lowest BCUT2D eigenvalue weighted by atomic mass is 10.0. The maximum absolute atomic E-state index is 9.51. The Morgan fingerprint density at radius 2 is 1.52 bits per heavy atom. The van der Waals surface area contributed by atoms with Crippen LogP contribution in [0.1, 0.15) is 62.9 Å². The molecule has 0 bridgehead atoms. The third kappa shape index (κ3) is 7.34. The molecule has 0 radical (unpaired) electrons. The number of unbranched alkanes of at least 4 members (excludes halogenated alkanes) is 3. The highest BCUT2D eigenvalue weighted by Crippen LogP contribution is 2.55. The van der Waals surface area contributed by atoms with E-state index >= 15 is 0 Å². The van der Waals surface area contributed by atoms with Gasteiger partial charge in [-0.05, 0) is 79.9 Å². The van der Waals surface area contributed by atoms with Crippen LogP contribution in [-0.4, -0.2) is 0 Å². The summed E-state index contributed by atoms with van der Waals surface area (Å²) in [7, 11) is 0. The van der Waals surface area contributed by atoms with Gasteiger partial charge in [0.25, 0.3) is 0 Å². The van der Waals surface area contributed by atoms with Crippen molar-refractivity contribution in [1.82, 2.24) is 0 Å². The molecular formula is C35H28N4S5. The van der Waals surface area contributed by atoms with Crippen LogP contribution in [0, 0.1) is 58.2 Å². The van der Waals surface area contributed by atoms with E-state index < -0.39 is 0 Å². The van der Waals surface area contributed by atoms with Gasteiger partial charge in [-0.2, -0.15) is 21.0 Å². The molecule has 1 aliphatic heterocycles. The molecule has 4 aromatic rings. The van der Waals surface area contributed by atoms with Crippen LogP contribution >= 0.6 is 57.1 Å². The van der Waals surface area contributed by atoms with Crippen molar-refractivity contribution in [3.8, 4) is 43.8 Å². The molecule has 0 aromatic carbocycles. The summed E-state index contributed by atoms with van der Waals surface area (Å²) < 4.78 is 0. The van der Waals surface area contributed by atoms with Crippen LogP contribution in [0.5, 0.6) is 0 Å². The van der Waals surface area contributed by atoms with Gasteiger partial charge in [0.15, 0.2) is 0 Å². The third-order valence-corrected chi connectivity index (χ3v) is 13.7. The Morgan fingerprint density at radius 3 is 2.23 bits per heavy atom. The normalized spacial score (nSPS) is 15.5. The van der Waals surface area contributed by atoms with Gasteiger partial charge >= 0.3 is 0 Å². The van der Waals surface area contributed by atoms with Gasteiger partial charge in [0, 0.05) is 45.0 Å². The van der Waals surface area contributed by atoms with Gasteiger partial charge in [0.2, 0.25) is 0 Å². The lowest BCUT2D eigenvalue weighted by Crippen LogP contribution is -1.99. The number of allylic oxidation sites excluding steroid dienone is 4. The fourth-order valence-corrected chi connectivity index (χ4v) is 11.0. The smallest absolute Gasteiger partial charge is 0.130 e. The maximum atomic E-state index is 9.51. The molecule has 0 N–H and O–H groups in total. The van der Waals surface area contributed by atoms with Crippen molar-refractivity contribution in [3.05, 3.63) is 90.8 Å². The first-order valence-electron chi connectivity index (χ1n) is 14.3. The maximum Gasteiger partial charge on any atom is 0.130 e. The van der Waals surface area contributed by atoms with Gasteiger partial charge in [-0.3, -0.25) is 0 Å². The summed E-state index contributed by atoms with van der Waals surface area (Å²) in [5, 5.41) is 38.0. The number of thiophene rings is 4. The van der Waals surface area contributed by atoms with Crippen molar-refractivity contribution in [2.45, 2.75) is 51.2 Å². The number of nitrogens with zero attached hydrogens (tertiary/aromatic N) is 4. The van der Waals surface area contributed by atoms with E-state index in [0.29, 0.717) is 0 Å². The average Bonchev–Trinajstić information content (AvgIpc) is 3.86. The van der Waals surface area contributed by atoms with E-state index in [1.54, 1.807) is 57.9 Å². The summed E-state index contributed by atoms with van der Waals surface area (Å²) >= 11 is 8.72. The first kappa shape index (κ1) is 31.7. The molecule has 0 spiro atoms. The van der Waals surface area contributed by atoms with Crippen LogP contribution in [0.3, 0.4) is 0 Å².